The van der Waals surface area contributed by atoms with Crippen LogP contribution in [0.4, 0.5) is 0 Å². The number of para-hydroxylation sites is 5. The van der Waals surface area contributed by atoms with Gasteiger partial charge in [0.25, 0.3) is 0 Å². The molecule has 3 heterocycles. The van der Waals surface area contributed by atoms with E-state index in [0.29, 0.717) is 0 Å². The maximum Gasteiger partial charge on any atom is 0.158 e. The minimum atomic E-state index is 0.878. The molecule has 0 N–H and O–H groups in total. The molecular formula is C36H24N2O. The second-order valence-corrected chi connectivity index (χ2v) is 10.5. The molecule has 3 nitrogen and oxygen atoms in total. The second-order valence-electron chi connectivity index (χ2n) is 10.5. The number of aryl methyl sites for hydroxylation is 1. The van der Waals surface area contributed by atoms with Crippen molar-refractivity contribution in [2.75, 3.05) is 0 Å². The van der Waals surface area contributed by atoms with E-state index in [0.717, 1.165) is 29.9 Å². The number of nitrogens with zero attached hydrogens (tertiary/aromatic N) is 2. The standard InChI is InChI=1S/C36H24N2O/c1-5-15-30-24(10-1)25-11-2-6-16-31(25)37(30)23-20-21-35-29(22-23)28-14-9-19-34(36(28)39-35)38-32-17-7-3-12-26(32)27-13-4-8-18-33(27)38/h1-19,22H,20-21H2. The molecule has 0 amide bonds. The van der Waals surface area contributed by atoms with E-state index in [-0.39, 0.29) is 0 Å². The van der Waals surface area contributed by atoms with Gasteiger partial charge < -0.3 is 13.6 Å². The molecule has 0 fully saturated rings. The molecule has 0 spiro atoms. The van der Waals surface area contributed by atoms with Gasteiger partial charge in [-0.25, -0.2) is 0 Å². The predicted octanol–water partition coefficient (Wildman–Crippen LogP) is 9.58. The molecule has 9 rings (SSSR count). The van der Waals surface area contributed by atoms with Gasteiger partial charge in [-0.1, -0.05) is 84.9 Å². The van der Waals surface area contributed by atoms with Crippen LogP contribution in [-0.4, -0.2) is 9.13 Å². The lowest BCUT2D eigenvalue weighted by Crippen LogP contribution is -2.03. The molecule has 0 saturated carbocycles. The van der Waals surface area contributed by atoms with E-state index < -0.39 is 0 Å². The third-order valence-corrected chi connectivity index (χ3v) is 8.42. The fourth-order valence-electron chi connectivity index (χ4n) is 6.76. The van der Waals surface area contributed by atoms with Crippen LogP contribution < -0.4 is 0 Å². The van der Waals surface area contributed by atoms with Crippen molar-refractivity contribution in [3.63, 3.8) is 0 Å². The van der Waals surface area contributed by atoms with Crippen molar-refractivity contribution in [1.29, 1.82) is 0 Å². The first-order valence-electron chi connectivity index (χ1n) is 13.6. The van der Waals surface area contributed by atoms with Gasteiger partial charge in [-0.15, -0.1) is 0 Å². The number of furan rings is 1. The topological polar surface area (TPSA) is 23.0 Å². The first kappa shape index (κ1) is 21.0. The van der Waals surface area contributed by atoms with Crippen molar-refractivity contribution in [3.8, 4) is 5.69 Å². The Morgan fingerprint density at radius 1 is 0.462 bits per heavy atom. The average Bonchev–Trinajstić information content (AvgIpc) is 3.65. The average molecular weight is 501 g/mol. The summed E-state index contributed by atoms with van der Waals surface area (Å²) in [7, 11) is 0. The highest BCUT2D eigenvalue weighted by molar-refractivity contribution is 6.12. The van der Waals surface area contributed by atoms with E-state index in [2.05, 4.69) is 130 Å². The number of rotatable bonds is 2. The van der Waals surface area contributed by atoms with Crippen LogP contribution in [0, 0.1) is 0 Å². The first-order chi connectivity index (χ1) is 19.4. The molecule has 0 radical (unpaired) electrons. The third-order valence-electron chi connectivity index (χ3n) is 8.42. The molecule has 0 atom stereocenters. The number of allylic oxidation sites excluding steroid dienone is 1. The summed E-state index contributed by atoms with van der Waals surface area (Å²) in [6.45, 7) is 0. The molecule has 184 valence electrons. The Morgan fingerprint density at radius 3 is 1.51 bits per heavy atom. The van der Waals surface area contributed by atoms with Gasteiger partial charge in [0.2, 0.25) is 0 Å². The molecule has 0 unspecified atom stereocenters. The van der Waals surface area contributed by atoms with Gasteiger partial charge in [-0.05, 0) is 42.8 Å². The van der Waals surface area contributed by atoms with Gasteiger partial charge in [0, 0.05) is 44.6 Å². The highest BCUT2D eigenvalue weighted by Crippen LogP contribution is 2.42. The van der Waals surface area contributed by atoms with Crippen molar-refractivity contribution in [1.82, 2.24) is 9.13 Å². The lowest BCUT2D eigenvalue weighted by Gasteiger charge is -2.16. The van der Waals surface area contributed by atoms with Crippen molar-refractivity contribution in [2.24, 2.45) is 0 Å². The summed E-state index contributed by atoms with van der Waals surface area (Å²) in [5.41, 5.74) is 9.46. The minimum absolute atomic E-state index is 0.878. The zero-order chi connectivity index (χ0) is 25.5. The molecule has 1 aliphatic carbocycles. The summed E-state index contributed by atoms with van der Waals surface area (Å²) in [5.74, 6) is 1.07. The molecular weight excluding hydrogens is 476 g/mol. The summed E-state index contributed by atoms with van der Waals surface area (Å²) in [6, 6.07) is 41.3. The molecule has 0 aliphatic heterocycles. The summed E-state index contributed by atoms with van der Waals surface area (Å²) < 4.78 is 11.5. The molecule has 0 saturated heterocycles. The molecule has 3 heteroatoms. The van der Waals surface area contributed by atoms with E-state index in [1.165, 1.54) is 60.3 Å². The van der Waals surface area contributed by atoms with Gasteiger partial charge in [-0.3, -0.25) is 0 Å². The van der Waals surface area contributed by atoms with Gasteiger partial charge in [0.15, 0.2) is 5.58 Å². The lowest BCUT2D eigenvalue weighted by molar-refractivity contribution is 0.545. The van der Waals surface area contributed by atoms with Crippen molar-refractivity contribution < 1.29 is 4.42 Å². The minimum Gasteiger partial charge on any atom is -0.458 e. The number of hydrogen-bond donors (Lipinski definition) is 0. The Kier molecular flexibility index (Phi) is 4.17. The summed E-state index contributed by atoms with van der Waals surface area (Å²) in [6.07, 6.45) is 4.17. The third kappa shape index (κ3) is 2.82. The van der Waals surface area contributed by atoms with Gasteiger partial charge in [0.05, 0.1) is 27.8 Å². The zero-order valence-corrected chi connectivity index (χ0v) is 21.3. The Balaban J connectivity index is 1.31. The SMILES string of the molecule is C1=C(n2c3ccccc3c3ccccc32)CCc2oc3c(-n4c5ccccc5c5ccccc54)cccc3c21. The highest BCUT2D eigenvalue weighted by atomic mass is 16.3. The van der Waals surface area contributed by atoms with Crippen molar-refractivity contribution in [2.45, 2.75) is 12.8 Å². The van der Waals surface area contributed by atoms with Crippen molar-refractivity contribution >= 4 is 66.4 Å². The quantitative estimate of drug-likeness (QED) is 0.232. The molecule has 1 aliphatic rings. The van der Waals surface area contributed by atoms with E-state index in [9.17, 15) is 0 Å². The Morgan fingerprint density at radius 2 is 0.949 bits per heavy atom. The number of hydrogen-bond acceptors (Lipinski definition) is 1. The maximum absolute atomic E-state index is 6.71. The van der Waals surface area contributed by atoms with Gasteiger partial charge >= 0.3 is 0 Å². The smallest absolute Gasteiger partial charge is 0.158 e. The van der Waals surface area contributed by atoms with Crippen LogP contribution in [0.5, 0.6) is 0 Å². The maximum atomic E-state index is 6.71. The molecule has 39 heavy (non-hydrogen) atoms. The molecule has 3 aromatic heterocycles. The summed E-state index contributed by atoms with van der Waals surface area (Å²) in [5, 5.41) is 6.28. The van der Waals surface area contributed by atoms with Crippen molar-refractivity contribution in [3.05, 3.63) is 127 Å². The fraction of sp³-hybridized carbons (Fsp3) is 0.0556. The first-order valence-corrected chi connectivity index (χ1v) is 13.6. The Bertz CT molecular complexity index is 2180. The molecule has 0 bridgehead atoms. The highest BCUT2D eigenvalue weighted by Gasteiger charge is 2.24. The monoisotopic (exact) mass is 500 g/mol. The molecule has 5 aromatic carbocycles. The lowest BCUT2D eigenvalue weighted by atomic mass is 9.99. The second kappa shape index (κ2) is 7.75. The summed E-state index contributed by atoms with van der Waals surface area (Å²) in [4.78, 5) is 0. The zero-order valence-electron chi connectivity index (χ0n) is 21.3. The Hall–Kier alpha value is -5.02. The van der Waals surface area contributed by atoms with E-state index in [1.54, 1.807) is 0 Å². The van der Waals surface area contributed by atoms with Crippen LogP contribution >= 0.6 is 0 Å². The van der Waals surface area contributed by atoms with Gasteiger partial charge in [-0.2, -0.15) is 0 Å². The fourth-order valence-corrected chi connectivity index (χ4v) is 6.76. The summed E-state index contributed by atoms with van der Waals surface area (Å²) >= 11 is 0. The Labute approximate surface area is 224 Å². The van der Waals surface area contributed by atoms with E-state index >= 15 is 0 Å². The van der Waals surface area contributed by atoms with Crippen LogP contribution in [0.1, 0.15) is 17.7 Å². The van der Waals surface area contributed by atoms with Crippen LogP contribution in [0.25, 0.3) is 72.0 Å². The van der Waals surface area contributed by atoms with Crippen LogP contribution in [-0.2, 0) is 6.42 Å². The predicted molar refractivity (Wildman–Crippen MR) is 162 cm³/mol. The van der Waals surface area contributed by atoms with Gasteiger partial charge in [0.1, 0.15) is 5.76 Å². The van der Waals surface area contributed by atoms with Crippen LogP contribution in [0.2, 0.25) is 0 Å². The van der Waals surface area contributed by atoms with E-state index in [1.807, 2.05) is 0 Å². The number of benzene rings is 5. The number of fused-ring (bicyclic) bond motifs is 9. The normalized spacial score (nSPS) is 13.6. The van der Waals surface area contributed by atoms with Crippen LogP contribution in [0.15, 0.2) is 120 Å². The largest absolute Gasteiger partial charge is 0.458 e. The van der Waals surface area contributed by atoms with Crippen LogP contribution in [0.3, 0.4) is 0 Å². The van der Waals surface area contributed by atoms with E-state index in [4.69, 9.17) is 4.42 Å². The number of aromatic nitrogens is 2. The molecule has 8 aromatic rings.